The van der Waals surface area contributed by atoms with Gasteiger partial charge in [-0.15, -0.1) is 0 Å². The van der Waals surface area contributed by atoms with E-state index in [1.807, 2.05) is 18.3 Å². The molecule has 0 atom stereocenters. The third-order valence-electron chi connectivity index (χ3n) is 3.48. The fourth-order valence-corrected chi connectivity index (χ4v) is 2.37. The van der Waals surface area contributed by atoms with Gasteiger partial charge in [-0.3, -0.25) is 4.90 Å². The second-order valence-electron chi connectivity index (χ2n) is 5.03. The summed E-state index contributed by atoms with van der Waals surface area (Å²) in [5, 5.41) is 3.31. The average molecular weight is 263 g/mol. The Bertz CT molecular complexity index is 364. The molecule has 0 saturated carbocycles. The minimum absolute atomic E-state index is 0.734. The quantitative estimate of drug-likeness (QED) is 0.817. The van der Waals surface area contributed by atoms with Crippen LogP contribution in [0.15, 0.2) is 18.3 Å². The fraction of sp³-hybridized carbons (Fsp3) is 0.667. The summed E-state index contributed by atoms with van der Waals surface area (Å²) >= 11 is 0. The minimum atomic E-state index is 0.734. The molecule has 2 rings (SSSR count). The third-order valence-corrected chi connectivity index (χ3v) is 3.48. The van der Waals surface area contributed by atoms with Crippen molar-refractivity contribution < 1.29 is 4.74 Å². The van der Waals surface area contributed by atoms with Gasteiger partial charge < -0.3 is 10.1 Å². The molecule has 1 aliphatic rings. The van der Waals surface area contributed by atoms with Crippen molar-refractivity contribution in [1.29, 1.82) is 0 Å². The molecule has 0 aliphatic carbocycles. The van der Waals surface area contributed by atoms with Crippen molar-refractivity contribution in [2.24, 2.45) is 0 Å². The summed E-state index contributed by atoms with van der Waals surface area (Å²) in [7, 11) is 0. The Balaban J connectivity index is 1.72. The summed E-state index contributed by atoms with van der Waals surface area (Å²) in [6.45, 7) is 8.15. The highest BCUT2D eigenvalue weighted by Crippen LogP contribution is 2.11. The molecule has 2 heterocycles. The average Bonchev–Trinajstić information content (AvgIpc) is 2.47. The first-order valence-electron chi connectivity index (χ1n) is 7.39. The number of pyridine rings is 1. The van der Waals surface area contributed by atoms with Gasteiger partial charge >= 0.3 is 0 Å². The van der Waals surface area contributed by atoms with Gasteiger partial charge in [0.2, 0.25) is 5.88 Å². The van der Waals surface area contributed by atoms with Crippen LogP contribution in [-0.4, -0.2) is 42.7 Å². The maximum absolute atomic E-state index is 5.75. The number of ether oxygens (including phenoxy) is 1. The molecule has 19 heavy (non-hydrogen) atoms. The van der Waals surface area contributed by atoms with E-state index in [-0.39, 0.29) is 0 Å². The molecule has 1 aliphatic heterocycles. The van der Waals surface area contributed by atoms with Crippen molar-refractivity contribution in [3.05, 3.63) is 23.9 Å². The van der Waals surface area contributed by atoms with Crippen molar-refractivity contribution >= 4 is 0 Å². The van der Waals surface area contributed by atoms with Crippen LogP contribution >= 0.6 is 0 Å². The predicted octanol–water partition coefficient (Wildman–Crippen LogP) is 2.06. The van der Waals surface area contributed by atoms with Crippen molar-refractivity contribution in [2.75, 3.05) is 32.8 Å². The Hall–Kier alpha value is -1.13. The van der Waals surface area contributed by atoms with Gasteiger partial charge in [-0.25, -0.2) is 4.98 Å². The Labute approximate surface area is 116 Å². The summed E-state index contributed by atoms with van der Waals surface area (Å²) < 4.78 is 5.75. The van der Waals surface area contributed by atoms with E-state index in [1.54, 1.807) is 0 Å². The molecule has 0 unspecified atom stereocenters. The summed E-state index contributed by atoms with van der Waals surface area (Å²) in [6, 6.07) is 4.05. The lowest BCUT2D eigenvalue weighted by Gasteiger charge is -2.26. The van der Waals surface area contributed by atoms with Crippen LogP contribution in [0.25, 0.3) is 0 Å². The summed E-state index contributed by atoms with van der Waals surface area (Å²) in [5.41, 5.74) is 1.23. The van der Waals surface area contributed by atoms with Crippen molar-refractivity contribution in [1.82, 2.24) is 15.2 Å². The minimum Gasteiger partial charge on any atom is -0.476 e. The molecule has 1 aromatic heterocycles. The van der Waals surface area contributed by atoms with Gasteiger partial charge in [0.15, 0.2) is 0 Å². The van der Waals surface area contributed by atoms with Gasteiger partial charge in [0.05, 0.1) is 0 Å². The molecule has 1 N–H and O–H groups in total. The SMILES string of the molecule is CCNCc1ccnc(OCCN2CCCCC2)c1. The largest absolute Gasteiger partial charge is 0.476 e. The van der Waals surface area contributed by atoms with Crippen LogP contribution in [0.5, 0.6) is 5.88 Å². The van der Waals surface area contributed by atoms with Crippen molar-refractivity contribution in [3.63, 3.8) is 0 Å². The van der Waals surface area contributed by atoms with Gasteiger partial charge in [-0.1, -0.05) is 13.3 Å². The zero-order chi connectivity index (χ0) is 13.3. The first-order valence-corrected chi connectivity index (χ1v) is 7.39. The molecule has 1 fully saturated rings. The molecule has 0 aromatic carbocycles. The van der Waals surface area contributed by atoms with E-state index in [4.69, 9.17) is 4.74 Å². The van der Waals surface area contributed by atoms with Gasteiger partial charge in [0.25, 0.3) is 0 Å². The lowest BCUT2D eigenvalue weighted by molar-refractivity contribution is 0.180. The van der Waals surface area contributed by atoms with Crippen molar-refractivity contribution in [2.45, 2.75) is 32.7 Å². The van der Waals surface area contributed by atoms with Crippen LogP contribution in [0.4, 0.5) is 0 Å². The summed E-state index contributed by atoms with van der Waals surface area (Å²) in [6.07, 6.45) is 5.86. The van der Waals surface area contributed by atoms with Crippen molar-refractivity contribution in [3.8, 4) is 5.88 Å². The molecule has 1 saturated heterocycles. The van der Waals surface area contributed by atoms with Crippen LogP contribution in [0.2, 0.25) is 0 Å². The molecule has 1 aromatic rings. The molecule has 4 heteroatoms. The molecular formula is C15H25N3O. The van der Waals surface area contributed by atoms with Gasteiger partial charge in [-0.2, -0.15) is 0 Å². The predicted molar refractivity (Wildman–Crippen MR) is 77.4 cm³/mol. The molecule has 4 nitrogen and oxygen atoms in total. The first kappa shape index (κ1) is 14.3. The number of aromatic nitrogens is 1. The van der Waals surface area contributed by atoms with E-state index in [9.17, 15) is 0 Å². The highest BCUT2D eigenvalue weighted by atomic mass is 16.5. The Morgan fingerprint density at radius 3 is 2.95 bits per heavy atom. The first-order chi connectivity index (χ1) is 9.38. The highest BCUT2D eigenvalue weighted by Gasteiger charge is 2.09. The number of hydrogen-bond donors (Lipinski definition) is 1. The van der Waals surface area contributed by atoms with Gasteiger partial charge in [0.1, 0.15) is 6.61 Å². The molecule has 0 spiro atoms. The van der Waals surface area contributed by atoms with E-state index in [0.717, 1.165) is 32.1 Å². The van der Waals surface area contributed by atoms with Crippen LogP contribution in [0, 0.1) is 0 Å². The topological polar surface area (TPSA) is 37.4 Å². The van der Waals surface area contributed by atoms with Crippen LogP contribution in [0.1, 0.15) is 31.7 Å². The molecule has 0 bridgehead atoms. The molecule has 106 valence electrons. The highest BCUT2D eigenvalue weighted by molar-refractivity contribution is 5.20. The molecule has 0 amide bonds. The number of piperidine rings is 1. The van der Waals surface area contributed by atoms with Gasteiger partial charge in [-0.05, 0) is 44.1 Å². The van der Waals surface area contributed by atoms with E-state index in [2.05, 4.69) is 22.1 Å². The number of hydrogen-bond acceptors (Lipinski definition) is 4. The third kappa shape index (κ3) is 5.17. The Morgan fingerprint density at radius 2 is 2.16 bits per heavy atom. The van der Waals surface area contributed by atoms with Crippen LogP contribution < -0.4 is 10.1 Å². The normalized spacial score (nSPS) is 16.5. The molecule has 0 radical (unpaired) electrons. The lowest BCUT2D eigenvalue weighted by Crippen LogP contribution is -2.33. The van der Waals surface area contributed by atoms with E-state index in [1.165, 1.54) is 37.9 Å². The van der Waals surface area contributed by atoms with E-state index < -0.39 is 0 Å². The van der Waals surface area contributed by atoms with E-state index >= 15 is 0 Å². The van der Waals surface area contributed by atoms with Crippen LogP contribution in [-0.2, 0) is 6.54 Å². The smallest absolute Gasteiger partial charge is 0.213 e. The summed E-state index contributed by atoms with van der Waals surface area (Å²) in [4.78, 5) is 6.74. The number of nitrogens with one attached hydrogen (secondary N) is 1. The second kappa shape index (κ2) is 8.12. The van der Waals surface area contributed by atoms with E-state index in [0.29, 0.717) is 0 Å². The zero-order valence-electron chi connectivity index (χ0n) is 11.9. The Kier molecular flexibility index (Phi) is 6.11. The number of rotatable bonds is 7. The fourth-order valence-electron chi connectivity index (χ4n) is 2.37. The zero-order valence-corrected chi connectivity index (χ0v) is 11.9. The standard InChI is InChI=1S/C15H25N3O/c1-2-16-13-14-6-7-17-15(12-14)19-11-10-18-8-4-3-5-9-18/h6-7,12,16H,2-5,8-11,13H2,1H3. The van der Waals surface area contributed by atoms with Crippen LogP contribution in [0.3, 0.4) is 0 Å². The maximum atomic E-state index is 5.75. The molecular weight excluding hydrogens is 238 g/mol. The lowest BCUT2D eigenvalue weighted by atomic mass is 10.1. The summed E-state index contributed by atoms with van der Waals surface area (Å²) in [5.74, 6) is 0.743. The van der Waals surface area contributed by atoms with Gasteiger partial charge in [0, 0.05) is 25.4 Å². The second-order valence-corrected chi connectivity index (χ2v) is 5.03. The maximum Gasteiger partial charge on any atom is 0.213 e. The Morgan fingerprint density at radius 1 is 1.32 bits per heavy atom. The number of likely N-dealkylation sites (tertiary alicyclic amines) is 1. The number of nitrogens with zero attached hydrogens (tertiary/aromatic N) is 2. The monoisotopic (exact) mass is 263 g/mol.